The van der Waals surface area contributed by atoms with Crippen molar-refractivity contribution >= 4 is 39.8 Å². The van der Waals surface area contributed by atoms with Crippen molar-refractivity contribution in [1.82, 2.24) is 15.1 Å². The first kappa shape index (κ1) is 23.3. The summed E-state index contributed by atoms with van der Waals surface area (Å²) in [5.74, 6) is -1.27. The molecule has 9 heteroatoms. The molecular weight excluding hydrogens is 430 g/mol. The van der Waals surface area contributed by atoms with E-state index in [0.717, 1.165) is 17.7 Å². The lowest BCUT2D eigenvalue weighted by atomic mass is 10.1. The van der Waals surface area contributed by atoms with Gasteiger partial charge in [0.05, 0.1) is 16.8 Å². The normalized spacial score (nSPS) is 11.8. The lowest BCUT2D eigenvalue weighted by Crippen LogP contribution is -2.29. The lowest BCUT2D eigenvalue weighted by Gasteiger charge is -2.13. The van der Waals surface area contributed by atoms with Gasteiger partial charge in [0, 0.05) is 23.7 Å². The summed E-state index contributed by atoms with van der Waals surface area (Å²) < 4.78 is 6.72. The minimum atomic E-state index is -1.04. The number of hydrogen-bond donors (Lipinski definition) is 1. The maximum absolute atomic E-state index is 12.9. The van der Waals surface area contributed by atoms with Crippen LogP contribution in [0.15, 0.2) is 41.2 Å². The fourth-order valence-corrected chi connectivity index (χ4v) is 4.10. The van der Waals surface area contributed by atoms with Crippen LogP contribution in [0, 0.1) is 0 Å². The summed E-state index contributed by atoms with van der Waals surface area (Å²) in [6.45, 7) is 5.64. The maximum atomic E-state index is 12.9. The number of ketones is 1. The van der Waals surface area contributed by atoms with Gasteiger partial charge in [-0.05, 0) is 31.5 Å². The highest BCUT2D eigenvalue weighted by Crippen LogP contribution is 2.20. The van der Waals surface area contributed by atoms with E-state index in [4.69, 9.17) is 4.74 Å². The van der Waals surface area contributed by atoms with Crippen LogP contribution in [0.5, 0.6) is 0 Å². The van der Waals surface area contributed by atoms with Crippen LogP contribution < -0.4 is 10.9 Å². The molecule has 0 bridgehead atoms. The number of unbranched alkanes of at least 4 members (excludes halogenated alkanes) is 1. The van der Waals surface area contributed by atoms with Crippen molar-refractivity contribution in [2.45, 2.75) is 52.8 Å². The van der Waals surface area contributed by atoms with E-state index in [1.165, 1.54) is 29.9 Å². The van der Waals surface area contributed by atoms with Gasteiger partial charge in [-0.25, -0.2) is 9.48 Å². The van der Waals surface area contributed by atoms with E-state index in [1.54, 1.807) is 36.4 Å². The van der Waals surface area contributed by atoms with Crippen molar-refractivity contribution in [3.63, 3.8) is 0 Å². The van der Waals surface area contributed by atoms with Crippen molar-refractivity contribution in [2.75, 3.05) is 0 Å². The minimum Gasteiger partial charge on any atom is -0.449 e. The molecule has 2 aromatic heterocycles. The summed E-state index contributed by atoms with van der Waals surface area (Å²) >= 11 is 1.23. The van der Waals surface area contributed by atoms with Crippen molar-refractivity contribution in [3.05, 3.63) is 62.2 Å². The Bertz CT molecular complexity index is 1210. The van der Waals surface area contributed by atoms with Gasteiger partial charge in [-0.2, -0.15) is 5.10 Å². The van der Waals surface area contributed by atoms with E-state index in [2.05, 4.69) is 10.4 Å². The number of aryl methyl sites for hydroxylation is 1. The average molecular weight is 456 g/mol. The third-order valence-corrected chi connectivity index (χ3v) is 5.95. The number of nitrogens with one attached hydrogen (secondary N) is 1. The van der Waals surface area contributed by atoms with Crippen LogP contribution in [0.4, 0.5) is 0 Å². The third-order valence-electron chi connectivity index (χ3n) is 4.85. The number of carbonyl (C=O) groups is 3. The molecule has 0 aliphatic carbocycles. The van der Waals surface area contributed by atoms with Gasteiger partial charge in [-0.3, -0.25) is 14.4 Å². The quantitative estimate of drug-likeness (QED) is 0.392. The minimum absolute atomic E-state index is 0.00785. The number of amides is 1. The van der Waals surface area contributed by atoms with Gasteiger partial charge in [0.15, 0.2) is 11.8 Å². The second-order valence-corrected chi connectivity index (χ2v) is 8.53. The second-order valence-electron chi connectivity index (χ2n) is 7.36. The van der Waals surface area contributed by atoms with Crippen LogP contribution in [0.1, 0.15) is 58.7 Å². The number of aromatic nitrogens is 2. The van der Waals surface area contributed by atoms with Gasteiger partial charge < -0.3 is 10.1 Å². The lowest BCUT2D eigenvalue weighted by molar-refractivity contribution is -0.119. The smallest absolute Gasteiger partial charge is 0.360 e. The van der Waals surface area contributed by atoms with Crippen LogP contribution in [0.25, 0.3) is 10.8 Å². The number of Topliss-reactive ketones (excluding diaryl/α,β-unsaturated/α-hetero) is 1. The van der Waals surface area contributed by atoms with Crippen LogP contribution in [0.3, 0.4) is 0 Å². The molecule has 2 heterocycles. The molecule has 0 saturated carbocycles. The Morgan fingerprint density at radius 1 is 1.16 bits per heavy atom. The number of benzene rings is 1. The summed E-state index contributed by atoms with van der Waals surface area (Å²) in [4.78, 5) is 50.7. The number of ether oxygens (including phenoxy) is 1. The SMILES string of the molecule is CCCCn1nc(C(=O)OC(C)C(=O)c2ccc(CNC(C)=O)s2)c2ccccc2c1=O. The Labute approximate surface area is 189 Å². The first-order valence-corrected chi connectivity index (χ1v) is 11.2. The van der Waals surface area contributed by atoms with Crippen molar-refractivity contribution < 1.29 is 19.1 Å². The number of hydrogen-bond acceptors (Lipinski definition) is 7. The van der Waals surface area contributed by atoms with Gasteiger partial charge in [0.1, 0.15) is 0 Å². The van der Waals surface area contributed by atoms with Crippen molar-refractivity contribution in [1.29, 1.82) is 0 Å². The molecule has 1 N–H and O–H groups in total. The first-order chi connectivity index (χ1) is 15.3. The Hall–Kier alpha value is -3.33. The summed E-state index contributed by atoms with van der Waals surface area (Å²) in [5.41, 5.74) is -0.256. The molecule has 32 heavy (non-hydrogen) atoms. The van der Waals surface area contributed by atoms with Gasteiger partial charge in [0.25, 0.3) is 5.56 Å². The zero-order valence-corrected chi connectivity index (χ0v) is 19.0. The van der Waals surface area contributed by atoms with Crippen molar-refractivity contribution in [3.8, 4) is 0 Å². The molecule has 168 valence electrons. The van der Waals surface area contributed by atoms with E-state index in [1.807, 2.05) is 6.92 Å². The number of esters is 1. The predicted octanol–water partition coefficient (Wildman–Crippen LogP) is 3.32. The molecule has 0 spiro atoms. The molecule has 8 nitrogen and oxygen atoms in total. The van der Waals surface area contributed by atoms with Crippen LogP contribution >= 0.6 is 11.3 Å². The van der Waals surface area contributed by atoms with E-state index in [-0.39, 0.29) is 22.9 Å². The third kappa shape index (κ3) is 5.28. The van der Waals surface area contributed by atoms with Crippen LogP contribution in [0.2, 0.25) is 0 Å². The van der Waals surface area contributed by atoms with Crippen LogP contribution in [-0.4, -0.2) is 33.5 Å². The molecule has 0 fully saturated rings. The van der Waals surface area contributed by atoms with Gasteiger partial charge in [-0.1, -0.05) is 31.5 Å². The fourth-order valence-electron chi connectivity index (χ4n) is 3.13. The zero-order valence-electron chi connectivity index (χ0n) is 18.2. The Morgan fingerprint density at radius 2 is 1.88 bits per heavy atom. The van der Waals surface area contributed by atoms with E-state index >= 15 is 0 Å². The molecule has 3 rings (SSSR count). The van der Waals surface area contributed by atoms with Gasteiger partial charge in [-0.15, -0.1) is 11.3 Å². The molecule has 1 aromatic carbocycles. The molecule has 3 aromatic rings. The summed E-state index contributed by atoms with van der Waals surface area (Å²) in [6, 6.07) is 10.1. The molecule has 0 radical (unpaired) electrons. The van der Waals surface area contributed by atoms with E-state index < -0.39 is 12.1 Å². The highest BCUT2D eigenvalue weighted by molar-refractivity contribution is 7.14. The highest BCUT2D eigenvalue weighted by Gasteiger charge is 2.25. The molecular formula is C23H25N3O5S. The summed E-state index contributed by atoms with van der Waals surface area (Å²) in [5, 5.41) is 7.70. The fraction of sp³-hybridized carbons (Fsp3) is 0.348. The number of fused-ring (bicyclic) bond motifs is 1. The topological polar surface area (TPSA) is 107 Å². The molecule has 0 aliphatic rings. The maximum Gasteiger partial charge on any atom is 0.360 e. The Balaban J connectivity index is 1.82. The molecule has 1 atom stereocenters. The van der Waals surface area contributed by atoms with E-state index in [0.29, 0.717) is 28.7 Å². The Morgan fingerprint density at radius 3 is 2.56 bits per heavy atom. The standard InChI is InChI=1S/C23H25N3O5S/c1-4-5-12-26-22(29)18-9-7-6-8-17(18)20(25-26)23(30)31-14(2)21(28)19-11-10-16(32-19)13-24-15(3)27/h6-11,14H,4-5,12-13H2,1-3H3,(H,24,27). The number of rotatable bonds is 9. The second kappa shape index (κ2) is 10.3. The van der Waals surface area contributed by atoms with Gasteiger partial charge >= 0.3 is 5.97 Å². The van der Waals surface area contributed by atoms with Crippen molar-refractivity contribution in [2.24, 2.45) is 0 Å². The molecule has 0 saturated heterocycles. The largest absolute Gasteiger partial charge is 0.449 e. The molecule has 1 amide bonds. The summed E-state index contributed by atoms with van der Waals surface area (Å²) in [6.07, 6.45) is 0.580. The van der Waals surface area contributed by atoms with Crippen LogP contribution in [-0.2, 0) is 22.6 Å². The summed E-state index contributed by atoms with van der Waals surface area (Å²) in [7, 11) is 0. The first-order valence-electron chi connectivity index (χ1n) is 10.4. The number of nitrogens with zero attached hydrogens (tertiary/aromatic N) is 2. The molecule has 0 aliphatic heterocycles. The monoisotopic (exact) mass is 455 g/mol. The number of thiophene rings is 1. The zero-order chi connectivity index (χ0) is 23.3. The van der Waals surface area contributed by atoms with Gasteiger partial charge in [0.2, 0.25) is 11.7 Å². The predicted molar refractivity (Wildman–Crippen MR) is 122 cm³/mol. The Kier molecular flexibility index (Phi) is 7.53. The molecule has 1 unspecified atom stereocenters. The highest BCUT2D eigenvalue weighted by atomic mass is 32.1. The van der Waals surface area contributed by atoms with E-state index in [9.17, 15) is 19.2 Å². The number of carbonyl (C=O) groups excluding carboxylic acids is 3. The average Bonchev–Trinajstić information content (AvgIpc) is 3.25.